The standard InChI is InChI=1S/C13H17N5O2S/c1-10-8-15-13(21-10)17-6-4-16(5-7-17)11-2-3-12(14-9-11)18(19)20/h2-3,9-10H,4-8H2,1H3/t10-/m0/s1. The fraction of sp³-hybridized carbons (Fsp3) is 0.538. The summed E-state index contributed by atoms with van der Waals surface area (Å²) in [7, 11) is 0. The normalized spacial score (nSPS) is 22.3. The van der Waals surface area contributed by atoms with Crippen LogP contribution in [0.3, 0.4) is 0 Å². The molecule has 8 heteroatoms. The molecular formula is C13H17N5O2S. The highest BCUT2D eigenvalue weighted by Gasteiger charge is 2.25. The number of amidine groups is 1. The molecule has 1 aromatic heterocycles. The van der Waals surface area contributed by atoms with Gasteiger partial charge in [-0.3, -0.25) is 4.99 Å². The molecule has 3 rings (SSSR count). The van der Waals surface area contributed by atoms with E-state index in [1.165, 1.54) is 6.07 Å². The number of piperazine rings is 1. The lowest BCUT2D eigenvalue weighted by Crippen LogP contribution is -2.47. The first-order valence-electron chi connectivity index (χ1n) is 6.95. The molecule has 0 aromatic carbocycles. The van der Waals surface area contributed by atoms with Gasteiger partial charge < -0.3 is 19.9 Å². The Kier molecular flexibility index (Phi) is 3.96. The van der Waals surface area contributed by atoms with E-state index >= 15 is 0 Å². The maximum atomic E-state index is 10.6. The average Bonchev–Trinajstić information content (AvgIpc) is 2.94. The molecule has 3 heterocycles. The van der Waals surface area contributed by atoms with Crippen LogP contribution in [0.15, 0.2) is 23.3 Å². The zero-order chi connectivity index (χ0) is 14.8. The van der Waals surface area contributed by atoms with Gasteiger partial charge in [0, 0.05) is 37.5 Å². The largest absolute Gasteiger partial charge is 0.365 e. The van der Waals surface area contributed by atoms with Crippen molar-refractivity contribution in [3.05, 3.63) is 28.4 Å². The highest BCUT2D eigenvalue weighted by molar-refractivity contribution is 8.14. The van der Waals surface area contributed by atoms with Gasteiger partial charge in [-0.1, -0.05) is 18.7 Å². The Balaban J connectivity index is 1.59. The van der Waals surface area contributed by atoms with Crippen LogP contribution >= 0.6 is 11.8 Å². The number of anilines is 1. The van der Waals surface area contributed by atoms with Crippen molar-refractivity contribution in [1.29, 1.82) is 0 Å². The second-order valence-electron chi connectivity index (χ2n) is 5.16. The van der Waals surface area contributed by atoms with Gasteiger partial charge >= 0.3 is 5.82 Å². The molecule has 1 fully saturated rings. The van der Waals surface area contributed by atoms with Crippen LogP contribution in [0.2, 0.25) is 0 Å². The Morgan fingerprint density at radius 2 is 2.00 bits per heavy atom. The van der Waals surface area contributed by atoms with Crippen molar-refractivity contribution in [2.24, 2.45) is 4.99 Å². The summed E-state index contributed by atoms with van der Waals surface area (Å²) in [6.45, 7) is 6.72. The van der Waals surface area contributed by atoms with E-state index in [1.54, 1.807) is 12.3 Å². The molecular weight excluding hydrogens is 290 g/mol. The third kappa shape index (κ3) is 3.10. The van der Waals surface area contributed by atoms with Gasteiger partial charge in [0.2, 0.25) is 0 Å². The van der Waals surface area contributed by atoms with Crippen LogP contribution in [-0.4, -0.2) is 57.9 Å². The lowest BCUT2D eigenvalue weighted by molar-refractivity contribution is -0.389. The Labute approximate surface area is 127 Å². The van der Waals surface area contributed by atoms with Gasteiger partial charge in [-0.2, -0.15) is 0 Å². The minimum atomic E-state index is -0.474. The molecule has 0 amide bonds. The van der Waals surface area contributed by atoms with E-state index in [9.17, 15) is 10.1 Å². The van der Waals surface area contributed by atoms with Crippen LogP contribution < -0.4 is 4.90 Å². The minimum absolute atomic E-state index is 0.108. The summed E-state index contributed by atoms with van der Waals surface area (Å²) in [5.41, 5.74) is 0.939. The maximum Gasteiger partial charge on any atom is 0.363 e. The monoisotopic (exact) mass is 307 g/mol. The molecule has 0 spiro atoms. The Bertz CT molecular complexity index is 554. The topological polar surface area (TPSA) is 74.9 Å². The van der Waals surface area contributed by atoms with Crippen molar-refractivity contribution in [2.45, 2.75) is 12.2 Å². The molecule has 0 saturated carbocycles. The molecule has 0 N–H and O–H groups in total. The van der Waals surface area contributed by atoms with Crippen molar-refractivity contribution >= 4 is 28.4 Å². The predicted molar refractivity (Wildman–Crippen MR) is 84.0 cm³/mol. The van der Waals surface area contributed by atoms with E-state index in [1.807, 2.05) is 11.8 Å². The highest BCUT2D eigenvalue weighted by Crippen LogP contribution is 2.25. The summed E-state index contributed by atoms with van der Waals surface area (Å²) < 4.78 is 0. The van der Waals surface area contributed by atoms with Crippen LogP contribution in [0.4, 0.5) is 11.5 Å². The number of pyridine rings is 1. The molecule has 0 aliphatic carbocycles. The summed E-state index contributed by atoms with van der Waals surface area (Å²) in [4.78, 5) is 23.1. The Hall–Kier alpha value is -1.83. The maximum absolute atomic E-state index is 10.6. The van der Waals surface area contributed by atoms with Gasteiger partial charge in [0.25, 0.3) is 0 Å². The summed E-state index contributed by atoms with van der Waals surface area (Å²) in [6, 6.07) is 3.23. The lowest BCUT2D eigenvalue weighted by atomic mass is 10.3. The minimum Gasteiger partial charge on any atom is -0.365 e. The van der Waals surface area contributed by atoms with Crippen molar-refractivity contribution in [1.82, 2.24) is 9.88 Å². The fourth-order valence-electron chi connectivity index (χ4n) is 2.46. The van der Waals surface area contributed by atoms with Crippen LogP contribution in [0, 0.1) is 10.1 Å². The molecule has 1 saturated heterocycles. The van der Waals surface area contributed by atoms with Gasteiger partial charge in [0.05, 0.1) is 12.2 Å². The predicted octanol–water partition coefficient (Wildman–Crippen LogP) is 1.60. The first-order chi connectivity index (χ1) is 10.1. The molecule has 1 atom stereocenters. The zero-order valence-corrected chi connectivity index (χ0v) is 12.6. The van der Waals surface area contributed by atoms with E-state index in [-0.39, 0.29) is 5.82 Å². The summed E-state index contributed by atoms with van der Waals surface area (Å²) in [6.07, 6.45) is 1.58. The number of aromatic nitrogens is 1. The smallest absolute Gasteiger partial charge is 0.363 e. The van der Waals surface area contributed by atoms with E-state index in [0.29, 0.717) is 5.25 Å². The molecule has 0 radical (unpaired) electrons. The summed E-state index contributed by atoms with van der Waals surface area (Å²) >= 11 is 1.84. The fourth-order valence-corrected chi connectivity index (χ4v) is 3.45. The Morgan fingerprint density at radius 3 is 2.52 bits per heavy atom. The molecule has 7 nitrogen and oxygen atoms in total. The van der Waals surface area contributed by atoms with Crippen LogP contribution in [0.25, 0.3) is 0 Å². The van der Waals surface area contributed by atoms with Crippen LogP contribution in [-0.2, 0) is 0 Å². The van der Waals surface area contributed by atoms with Gasteiger partial charge in [0.15, 0.2) is 11.4 Å². The van der Waals surface area contributed by atoms with Crippen molar-refractivity contribution < 1.29 is 4.92 Å². The lowest BCUT2D eigenvalue weighted by Gasteiger charge is -2.36. The van der Waals surface area contributed by atoms with E-state index in [4.69, 9.17) is 0 Å². The second-order valence-corrected chi connectivity index (χ2v) is 6.56. The van der Waals surface area contributed by atoms with Crippen LogP contribution in [0.5, 0.6) is 0 Å². The van der Waals surface area contributed by atoms with E-state index in [2.05, 4.69) is 26.7 Å². The zero-order valence-electron chi connectivity index (χ0n) is 11.8. The van der Waals surface area contributed by atoms with Crippen molar-refractivity contribution in [3.63, 3.8) is 0 Å². The SMILES string of the molecule is C[C@H]1CN=C(N2CCN(c3ccc([N+](=O)[O-])nc3)CC2)S1. The van der Waals surface area contributed by atoms with E-state index in [0.717, 1.165) is 43.6 Å². The molecule has 2 aliphatic heterocycles. The quantitative estimate of drug-likeness (QED) is 0.610. The average molecular weight is 307 g/mol. The van der Waals surface area contributed by atoms with Gasteiger partial charge in [-0.15, -0.1) is 0 Å². The van der Waals surface area contributed by atoms with Crippen molar-refractivity contribution in [3.8, 4) is 0 Å². The molecule has 0 unspecified atom stereocenters. The molecule has 2 aliphatic rings. The Morgan fingerprint density at radius 1 is 1.29 bits per heavy atom. The van der Waals surface area contributed by atoms with Crippen LogP contribution in [0.1, 0.15) is 6.92 Å². The third-order valence-corrected chi connectivity index (χ3v) is 4.77. The first kappa shape index (κ1) is 14.1. The molecule has 1 aromatic rings. The number of nitrogens with zero attached hydrogens (tertiary/aromatic N) is 5. The number of hydrogen-bond acceptors (Lipinski definition) is 7. The molecule has 21 heavy (non-hydrogen) atoms. The number of thioether (sulfide) groups is 1. The summed E-state index contributed by atoms with van der Waals surface area (Å²) in [5.74, 6) is -0.108. The summed E-state index contributed by atoms with van der Waals surface area (Å²) in [5, 5.41) is 12.3. The number of nitro groups is 1. The van der Waals surface area contributed by atoms with Gasteiger partial charge in [0.1, 0.15) is 0 Å². The highest BCUT2D eigenvalue weighted by atomic mass is 32.2. The number of aliphatic imine (C=N–C) groups is 1. The number of hydrogen-bond donors (Lipinski definition) is 0. The van der Waals surface area contributed by atoms with E-state index < -0.39 is 4.92 Å². The van der Waals surface area contributed by atoms with Crippen molar-refractivity contribution in [2.75, 3.05) is 37.6 Å². The molecule has 112 valence electrons. The van der Waals surface area contributed by atoms with Gasteiger partial charge in [-0.25, -0.2) is 0 Å². The second kappa shape index (κ2) is 5.88. The van der Waals surface area contributed by atoms with Gasteiger partial charge in [-0.05, 0) is 16.0 Å². The number of rotatable bonds is 2. The third-order valence-electron chi connectivity index (χ3n) is 3.62. The first-order valence-corrected chi connectivity index (χ1v) is 7.83. The molecule has 0 bridgehead atoms.